The van der Waals surface area contributed by atoms with Gasteiger partial charge in [0, 0.05) is 0 Å². The van der Waals surface area contributed by atoms with E-state index in [4.69, 9.17) is 4.84 Å². The van der Waals surface area contributed by atoms with E-state index < -0.39 is 5.30 Å². The predicted octanol–water partition coefficient (Wildman–Crippen LogP) is 1.34. The number of benzene rings is 1. The van der Waals surface area contributed by atoms with Gasteiger partial charge in [-0.05, 0) is 35.4 Å². The number of rotatable bonds is 1. The summed E-state index contributed by atoms with van der Waals surface area (Å²) < 4.78 is 0. The molecule has 6 heteroatoms. The van der Waals surface area contributed by atoms with Crippen LogP contribution in [0.15, 0.2) is 24.3 Å². The number of hydrogen-bond acceptors (Lipinski definition) is 5. The minimum absolute atomic E-state index is 0.416. The van der Waals surface area contributed by atoms with Crippen LogP contribution < -0.4 is 4.84 Å². The molecule has 0 aliphatic carbocycles. The molecule has 0 spiro atoms. The average Bonchev–Trinajstić information content (AvgIpc) is 2.62. The summed E-state index contributed by atoms with van der Waals surface area (Å²) in [4.78, 5) is 17.0. The summed E-state index contributed by atoms with van der Waals surface area (Å²) in [5, 5.41) is 7.11. The van der Waals surface area contributed by atoms with Gasteiger partial charge in [-0.1, -0.05) is 17.0 Å². The van der Waals surface area contributed by atoms with Gasteiger partial charge in [-0.25, -0.2) is 4.79 Å². The Labute approximate surface area is 84.0 Å². The van der Waals surface area contributed by atoms with Crippen LogP contribution in [0.5, 0.6) is 0 Å². The highest BCUT2D eigenvalue weighted by Crippen LogP contribution is 2.09. The first-order valence-electron chi connectivity index (χ1n) is 3.88. The van der Waals surface area contributed by atoms with Crippen molar-refractivity contribution in [1.29, 1.82) is 0 Å². The Morgan fingerprint density at radius 1 is 1.50 bits per heavy atom. The molecule has 2 rings (SSSR count). The molecule has 0 bridgehead atoms. The van der Waals surface area contributed by atoms with Crippen molar-refractivity contribution in [2.24, 2.45) is 0 Å². The number of hydrogen-bond donors (Lipinski definition) is 0. The van der Waals surface area contributed by atoms with Gasteiger partial charge in [0.15, 0.2) is 0 Å². The molecule has 0 atom stereocenters. The maximum atomic E-state index is 11.0. The molecule has 5 nitrogen and oxygen atoms in total. The van der Waals surface area contributed by atoms with Crippen LogP contribution in [0, 0.1) is 0 Å². The van der Waals surface area contributed by atoms with Crippen LogP contribution in [0.3, 0.4) is 0 Å². The number of carbonyl (C=O) groups is 1. The van der Waals surface area contributed by atoms with Crippen molar-refractivity contribution >= 4 is 28.1 Å². The lowest BCUT2D eigenvalue weighted by Crippen LogP contribution is -2.16. The first-order valence-corrected chi connectivity index (χ1v) is 5.10. The highest BCUT2D eigenvalue weighted by atomic mass is 32.2. The summed E-state index contributed by atoms with van der Waals surface area (Å²) in [6.07, 6.45) is 1.64. The fourth-order valence-corrected chi connectivity index (χ4v) is 1.17. The van der Waals surface area contributed by atoms with Gasteiger partial charge in [0.1, 0.15) is 11.0 Å². The van der Waals surface area contributed by atoms with E-state index in [1.165, 1.54) is 0 Å². The molecule has 0 saturated carbocycles. The monoisotopic (exact) mass is 209 g/mol. The van der Waals surface area contributed by atoms with E-state index in [1.807, 2.05) is 12.1 Å². The Bertz CT molecular complexity index is 468. The van der Waals surface area contributed by atoms with Gasteiger partial charge in [-0.15, -0.1) is 5.10 Å². The lowest BCUT2D eigenvalue weighted by atomic mass is 10.3. The molecule has 1 aromatic carbocycles. The summed E-state index contributed by atoms with van der Waals surface area (Å²) in [6.45, 7) is 0. The van der Waals surface area contributed by atoms with E-state index in [-0.39, 0.29) is 0 Å². The van der Waals surface area contributed by atoms with Crippen molar-refractivity contribution in [2.75, 3.05) is 6.26 Å². The first kappa shape index (κ1) is 9.01. The van der Waals surface area contributed by atoms with Crippen LogP contribution in [0.2, 0.25) is 0 Å². The summed E-state index contributed by atoms with van der Waals surface area (Å²) in [7, 11) is 0. The maximum absolute atomic E-state index is 11.0. The van der Waals surface area contributed by atoms with E-state index in [2.05, 4.69) is 10.3 Å². The summed E-state index contributed by atoms with van der Waals surface area (Å²) in [5.74, 6) is 0. The van der Waals surface area contributed by atoms with Gasteiger partial charge in [-0.3, -0.25) is 0 Å². The molecule has 0 amide bonds. The van der Waals surface area contributed by atoms with E-state index in [0.717, 1.165) is 16.6 Å². The van der Waals surface area contributed by atoms with Crippen molar-refractivity contribution in [3.05, 3.63) is 24.3 Å². The molecule has 1 heterocycles. The Morgan fingerprint density at radius 2 is 2.29 bits per heavy atom. The van der Waals surface area contributed by atoms with Crippen LogP contribution >= 0.6 is 11.8 Å². The van der Waals surface area contributed by atoms with Crippen molar-refractivity contribution in [3.8, 4) is 0 Å². The van der Waals surface area contributed by atoms with E-state index in [9.17, 15) is 4.79 Å². The minimum Gasteiger partial charge on any atom is -0.306 e. The second-order valence-electron chi connectivity index (χ2n) is 2.50. The molecule has 0 aliphatic rings. The smallest absolute Gasteiger partial charge is 0.306 e. The Morgan fingerprint density at radius 3 is 3.07 bits per heavy atom. The van der Waals surface area contributed by atoms with E-state index >= 15 is 0 Å². The molecule has 0 aliphatic heterocycles. The lowest BCUT2D eigenvalue weighted by Gasteiger charge is -1.99. The van der Waals surface area contributed by atoms with Crippen molar-refractivity contribution in [2.45, 2.75) is 0 Å². The molecule has 0 radical (unpaired) electrons. The van der Waals surface area contributed by atoms with Crippen LogP contribution in [0.25, 0.3) is 11.0 Å². The highest BCUT2D eigenvalue weighted by molar-refractivity contribution is 8.12. The zero-order valence-corrected chi connectivity index (χ0v) is 8.19. The third-order valence-corrected chi connectivity index (χ3v) is 2.06. The fourth-order valence-electron chi connectivity index (χ4n) is 1.02. The van der Waals surface area contributed by atoms with Gasteiger partial charge in [0.2, 0.25) is 0 Å². The number of nitrogens with zero attached hydrogens (tertiary/aromatic N) is 3. The second-order valence-corrected chi connectivity index (χ2v) is 3.24. The largest absolute Gasteiger partial charge is 0.393 e. The molecule has 0 saturated heterocycles. The van der Waals surface area contributed by atoms with Gasteiger partial charge in [0.25, 0.3) is 0 Å². The number of fused-ring (bicyclic) bond motifs is 1. The Kier molecular flexibility index (Phi) is 2.36. The van der Waals surface area contributed by atoms with Crippen LogP contribution in [-0.2, 0) is 0 Å². The topological polar surface area (TPSA) is 57.0 Å². The van der Waals surface area contributed by atoms with Gasteiger partial charge < -0.3 is 4.84 Å². The molecule has 0 fully saturated rings. The molecular formula is C8H7N3O2S. The third kappa shape index (κ3) is 1.56. The number of carbonyl (C=O) groups excluding carboxylic acids is 1. The second kappa shape index (κ2) is 3.67. The first-order chi connectivity index (χ1) is 6.81. The number of para-hydroxylation sites is 1. The van der Waals surface area contributed by atoms with Crippen molar-refractivity contribution in [1.82, 2.24) is 15.2 Å². The lowest BCUT2D eigenvalue weighted by molar-refractivity contribution is 0.145. The van der Waals surface area contributed by atoms with Crippen molar-refractivity contribution < 1.29 is 9.63 Å². The Balaban J connectivity index is 2.38. The van der Waals surface area contributed by atoms with Crippen molar-refractivity contribution in [3.63, 3.8) is 0 Å². The van der Waals surface area contributed by atoms with Gasteiger partial charge in [0.05, 0.1) is 0 Å². The summed E-state index contributed by atoms with van der Waals surface area (Å²) in [5.41, 5.74) is 1.37. The van der Waals surface area contributed by atoms with Gasteiger partial charge >= 0.3 is 5.30 Å². The zero-order valence-electron chi connectivity index (χ0n) is 7.38. The average molecular weight is 209 g/mol. The molecule has 72 valence electrons. The SMILES string of the molecule is CSC(=O)On1nnc2ccccc21. The summed E-state index contributed by atoms with van der Waals surface area (Å²) in [6, 6.07) is 7.25. The fraction of sp³-hybridized carbons (Fsp3) is 0.125. The molecule has 0 unspecified atom stereocenters. The van der Waals surface area contributed by atoms with Crippen LogP contribution in [-0.4, -0.2) is 26.7 Å². The minimum atomic E-state index is -0.416. The van der Waals surface area contributed by atoms with Gasteiger partial charge in [-0.2, -0.15) is 0 Å². The molecule has 14 heavy (non-hydrogen) atoms. The van der Waals surface area contributed by atoms with E-state index in [0.29, 0.717) is 11.0 Å². The quantitative estimate of drug-likeness (QED) is 0.663. The molecule has 1 aromatic heterocycles. The predicted molar refractivity (Wildman–Crippen MR) is 53.0 cm³/mol. The molecule has 0 N–H and O–H groups in total. The third-order valence-electron chi connectivity index (χ3n) is 1.65. The summed E-state index contributed by atoms with van der Waals surface area (Å²) >= 11 is 0.982. The number of aromatic nitrogens is 3. The molecular weight excluding hydrogens is 202 g/mol. The zero-order chi connectivity index (χ0) is 9.97. The van der Waals surface area contributed by atoms with Crippen LogP contribution in [0.1, 0.15) is 0 Å². The number of thioether (sulfide) groups is 1. The normalized spacial score (nSPS) is 10.4. The maximum Gasteiger partial charge on any atom is 0.393 e. The highest BCUT2D eigenvalue weighted by Gasteiger charge is 2.07. The van der Waals surface area contributed by atoms with Crippen LogP contribution in [0.4, 0.5) is 4.79 Å². The van der Waals surface area contributed by atoms with E-state index in [1.54, 1.807) is 18.4 Å². The molecule has 2 aromatic rings. The Hall–Kier alpha value is -1.56. The standard InChI is InChI=1S/C8H7N3O2S/c1-14-8(12)13-11-7-5-3-2-4-6(7)9-10-11/h2-5H,1H3.